The molecule has 1 heterocycles. The van der Waals surface area contributed by atoms with Gasteiger partial charge in [0.05, 0.1) is 5.57 Å². The van der Waals surface area contributed by atoms with Gasteiger partial charge in [-0.25, -0.2) is 9.59 Å². The molecule has 6 nitrogen and oxygen atoms in total. The molecule has 2 atom stereocenters. The summed E-state index contributed by atoms with van der Waals surface area (Å²) in [6.07, 6.45) is 4.16. The van der Waals surface area contributed by atoms with E-state index >= 15 is 0 Å². The summed E-state index contributed by atoms with van der Waals surface area (Å²) >= 11 is 0. The van der Waals surface area contributed by atoms with E-state index in [0.29, 0.717) is 24.1 Å². The molecule has 0 saturated carbocycles. The number of nitrogens with one attached hydrogen (secondary N) is 1. The van der Waals surface area contributed by atoms with Crippen LogP contribution >= 0.6 is 0 Å². The van der Waals surface area contributed by atoms with E-state index in [2.05, 4.69) is 24.0 Å². The predicted molar refractivity (Wildman–Crippen MR) is 142 cm³/mol. The summed E-state index contributed by atoms with van der Waals surface area (Å²) in [6.45, 7) is 11.3. The maximum absolute atomic E-state index is 13.3. The largest absolute Gasteiger partial charge is 0.512 e. The lowest BCUT2D eigenvalue weighted by Crippen LogP contribution is -2.41. The van der Waals surface area contributed by atoms with E-state index in [1.54, 1.807) is 45.0 Å². The molecule has 2 aromatic rings. The van der Waals surface area contributed by atoms with Crippen molar-refractivity contribution in [2.24, 2.45) is 0 Å². The second-order valence-corrected chi connectivity index (χ2v) is 10.3. The molecule has 0 saturated heterocycles. The van der Waals surface area contributed by atoms with E-state index in [1.807, 2.05) is 31.2 Å². The summed E-state index contributed by atoms with van der Waals surface area (Å²) in [7, 11) is 0. The van der Waals surface area contributed by atoms with Crippen molar-refractivity contribution in [1.29, 1.82) is 0 Å². The highest BCUT2D eigenvalue weighted by atomic mass is 16.6. The number of cyclic esters (lactones) is 1. The average Bonchev–Trinajstić information content (AvgIpc) is 2.80. The summed E-state index contributed by atoms with van der Waals surface area (Å²) in [5.41, 5.74) is 1.19. The third-order valence-corrected chi connectivity index (χ3v) is 6.19. The molecule has 1 amide bonds. The van der Waals surface area contributed by atoms with Gasteiger partial charge in [0.15, 0.2) is 0 Å². The first-order valence-electron chi connectivity index (χ1n) is 12.5. The first kappa shape index (κ1) is 27.1. The van der Waals surface area contributed by atoms with Crippen LogP contribution in [0.5, 0.6) is 0 Å². The van der Waals surface area contributed by atoms with E-state index in [1.165, 1.54) is 0 Å². The van der Waals surface area contributed by atoms with Crippen molar-refractivity contribution in [1.82, 2.24) is 0 Å². The lowest BCUT2D eigenvalue weighted by molar-refractivity contribution is -0.161. The minimum Gasteiger partial charge on any atom is -0.512 e. The van der Waals surface area contributed by atoms with E-state index in [0.717, 1.165) is 18.4 Å². The van der Waals surface area contributed by atoms with Gasteiger partial charge in [0.25, 0.3) is 0 Å². The van der Waals surface area contributed by atoms with Crippen LogP contribution in [0.1, 0.15) is 70.4 Å². The average molecular weight is 492 g/mol. The number of ether oxygens (including phenoxy) is 2. The molecule has 2 aromatic carbocycles. The van der Waals surface area contributed by atoms with Gasteiger partial charge in [0, 0.05) is 18.0 Å². The zero-order valence-electron chi connectivity index (χ0n) is 21.7. The summed E-state index contributed by atoms with van der Waals surface area (Å²) in [5.74, 6) is -1.09. The minimum atomic E-state index is -0.749. The monoisotopic (exact) mass is 491 g/mol. The Morgan fingerprint density at radius 2 is 1.92 bits per heavy atom. The molecule has 0 aromatic heterocycles. The van der Waals surface area contributed by atoms with Crippen LogP contribution in [0.4, 0.5) is 10.5 Å². The summed E-state index contributed by atoms with van der Waals surface area (Å²) in [6, 6.07) is 17.1. The fourth-order valence-electron chi connectivity index (χ4n) is 4.64. The van der Waals surface area contributed by atoms with Crippen molar-refractivity contribution in [2.75, 3.05) is 5.32 Å². The van der Waals surface area contributed by atoms with Crippen molar-refractivity contribution in [3.8, 4) is 0 Å². The van der Waals surface area contributed by atoms with Gasteiger partial charge in [-0.2, -0.15) is 0 Å². The van der Waals surface area contributed by atoms with Crippen molar-refractivity contribution in [2.45, 2.75) is 76.9 Å². The first-order valence-corrected chi connectivity index (χ1v) is 12.5. The number of rotatable bonds is 9. The lowest BCUT2D eigenvalue weighted by atomic mass is 9.80. The maximum Gasteiger partial charge on any atom is 0.412 e. The summed E-state index contributed by atoms with van der Waals surface area (Å²) in [5, 5.41) is 13.9. The van der Waals surface area contributed by atoms with Gasteiger partial charge < -0.3 is 14.6 Å². The van der Waals surface area contributed by atoms with Crippen LogP contribution in [-0.2, 0) is 20.7 Å². The van der Waals surface area contributed by atoms with Gasteiger partial charge in [0.2, 0.25) is 0 Å². The smallest absolute Gasteiger partial charge is 0.412 e. The zero-order chi connectivity index (χ0) is 26.3. The molecule has 6 heteroatoms. The quantitative estimate of drug-likeness (QED) is 0.285. The van der Waals surface area contributed by atoms with Crippen LogP contribution in [0.3, 0.4) is 0 Å². The number of esters is 1. The first-order chi connectivity index (χ1) is 17.1. The van der Waals surface area contributed by atoms with E-state index < -0.39 is 29.2 Å². The third-order valence-electron chi connectivity index (χ3n) is 6.19. The normalized spacial score (nSPS) is 18.8. The number of amides is 1. The number of aliphatic hydroxyl groups excluding tert-OH is 1. The molecule has 1 aliphatic heterocycles. The molecule has 0 aliphatic carbocycles. The van der Waals surface area contributed by atoms with Crippen LogP contribution < -0.4 is 5.32 Å². The number of aryl methyl sites for hydroxylation is 1. The molecule has 0 fully saturated rings. The molecular weight excluding hydrogens is 454 g/mol. The van der Waals surface area contributed by atoms with Gasteiger partial charge in [0.1, 0.15) is 17.0 Å². The number of aliphatic hydroxyl groups is 1. The highest BCUT2D eigenvalue weighted by molar-refractivity contribution is 5.93. The topological polar surface area (TPSA) is 84.9 Å². The second kappa shape index (κ2) is 11.5. The zero-order valence-corrected chi connectivity index (χ0v) is 21.7. The number of hydrogen-bond acceptors (Lipinski definition) is 5. The van der Waals surface area contributed by atoms with E-state index in [4.69, 9.17) is 9.47 Å². The molecule has 0 unspecified atom stereocenters. The van der Waals surface area contributed by atoms with Gasteiger partial charge in [-0.1, -0.05) is 61.9 Å². The Morgan fingerprint density at radius 1 is 1.19 bits per heavy atom. The molecule has 36 heavy (non-hydrogen) atoms. The van der Waals surface area contributed by atoms with Gasteiger partial charge in [-0.05, 0) is 63.3 Å². The second-order valence-electron chi connectivity index (χ2n) is 10.3. The highest BCUT2D eigenvalue weighted by Gasteiger charge is 2.43. The van der Waals surface area contributed by atoms with Crippen LogP contribution in [0, 0.1) is 0 Å². The van der Waals surface area contributed by atoms with Crippen LogP contribution in [0.2, 0.25) is 0 Å². The Labute approximate surface area is 214 Å². The molecular formula is C30H37NO5. The maximum atomic E-state index is 13.3. The lowest BCUT2D eigenvalue weighted by Gasteiger charge is -2.38. The molecule has 0 radical (unpaired) electrons. The molecule has 192 valence electrons. The number of carbonyl (C=O) groups is 2. The van der Waals surface area contributed by atoms with Crippen molar-refractivity contribution in [3.63, 3.8) is 0 Å². The van der Waals surface area contributed by atoms with Crippen LogP contribution in [0.15, 0.2) is 78.6 Å². The number of hydrogen-bond donors (Lipinski definition) is 2. The van der Waals surface area contributed by atoms with Crippen molar-refractivity contribution in [3.05, 3.63) is 89.7 Å². The van der Waals surface area contributed by atoms with E-state index in [9.17, 15) is 14.7 Å². The molecule has 1 aliphatic rings. The molecule has 0 spiro atoms. The van der Waals surface area contributed by atoms with Gasteiger partial charge in [-0.3, -0.25) is 5.32 Å². The number of benzene rings is 2. The Kier molecular flexibility index (Phi) is 8.62. The Morgan fingerprint density at radius 3 is 2.53 bits per heavy atom. The van der Waals surface area contributed by atoms with Crippen LogP contribution in [0.25, 0.3) is 0 Å². The van der Waals surface area contributed by atoms with Gasteiger partial charge >= 0.3 is 12.1 Å². The highest BCUT2D eigenvalue weighted by Crippen LogP contribution is 2.41. The molecule has 2 N–H and O–H groups in total. The number of allylic oxidation sites excluding steroid dienone is 1. The number of anilines is 1. The third kappa shape index (κ3) is 7.00. The van der Waals surface area contributed by atoms with Crippen molar-refractivity contribution >= 4 is 17.7 Å². The molecule has 0 bridgehead atoms. The Bertz CT molecular complexity index is 1120. The summed E-state index contributed by atoms with van der Waals surface area (Å²) < 4.78 is 11.4. The van der Waals surface area contributed by atoms with Crippen molar-refractivity contribution < 1.29 is 24.2 Å². The summed E-state index contributed by atoms with van der Waals surface area (Å²) in [4.78, 5) is 25.5. The Hall–Kier alpha value is -3.54. The standard InChI is InChI=1S/C30H37NO5/c1-6-17-30(18-16-21-12-9-8-10-13-21)20-25(32)26(27(33)35-30)24(7-2)22-14-11-15-23(19-22)31-28(34)36-29(3,4)5/h7-15,19,24,32H,2,6,16-18,20H2,1,3-5H3,(H,31,34)/t24-,30-/m1/s1. The number of carbonyl (C=O) groups excluding carboxylic acids is 2. The SMILES string of the molecule is C=C[C@@H](C1=C(O)C[C@@](CCC)(CCc2ccccc2)OC1=O)c1cccc(NC(=O)OC(C)(C)C)c1. The minimum absolute atomic E-state index is 0.0307. The molecule has 3 rings (SSSR count). The fraction of sp³-hybridized carbons (Fsp3) is 0.400. The Balaban J connectivity index is 1.84. The van der Waals surface area contributed by atoms with Gasteiger partial charge in [-0.15, -0.1) is 6.58 Å². The predicted octanol–water partition coefficient (Wildman–Crippen LogP) is 7.23. The fourth-order valence-corrected chi connectivity index (χ4v) is 4.64. The van der Waals surface area contributed by atoms with Crippen LogP contribution in [-0.4, -0.2) is 28.4 Å². The van der Waals surface area contributed by atoms with E-state index in [-0.39, 0.29) is 17.8 Å².